The summed E-state index contributed by atoms with van der Waals surface area (Å²) in [4.78, 5) is 2.49. The van der Waals surface area contributed by atoms with E-state index in [1.807, 2.05) is 11.3 Å². The molecule has 2 heteroatoms. The first-order chi connectivity index (χ1) is 30.2. The van der Waals surface area contributed by atoms with Crippen LogP contribution in [0.1, 0.15) is 65.5 Å². The smallest absolute Gasteiger partial charge is 0.0708 e. The Morgan fingerprint density at radius 3 is 1.59 bits per heavy atom. The first-order valence-electron chi connectivity index (χ1n) is 22.4. The van der Waals surface area contributed by atoms with Crippen molar-refractivity contribution < 1.29 is 0 Å². The molecule has 0 atom stereocenters. The average molecular weight is 802 g/mol. The zero-order valence-electron chi connectivity index (χ0n) is 34.3. The van der Waals surface area contributed by atoms with Gasteiger partial charge in [0.15, 0.2) is 0 Å². The molecule has 1 aromatic heterocycles. The van der Waals surface area contributed by atoms with Gasteiger partial charge in [0.05, 0.1) is 5.41 Å². The summed E-state index contributed by atoms with van der Waals surface area (Å²) in [5, 5.41) is 2.68. The molecule has 0 saturated heterocycles. The van der Waals surface area contributed by atoms with Gasteiger partial charge in [0, 0.05) is 42.6 Å². The predicted molar refractivity (Wildman–Crippen MR) is 256 cm³/mol. The maximum absolute atomic E-state index is 2.62. The Morgan fingerprint density at radius 1 is 0.377 bits per heavy atom. The van der Waals surface area contributed by atoms with E-state index >= 15 is 0 Å². The fourth-order valence-electron chi connectivity index (χ4n) is 13.5. The molecule has 0 N–H and O–H groups in total. The minimum absolute atomic E-state index is 0.000320. The lowest BCUT2D eigenvalue weighted by Gasteiger charge is -2.65. The van der Waals surface area contributed by atoms with E-state index in [9.17, 15) is 0 Å². The highest BCUT2D eigenvalue weighted by molar-refractivity contribution is 7.25. The molecular formula is C59H47NS. The number of fused-ring (bicyclic) bond motifs is 5. The molecule has 5 aliphatic rings. The van der Waals surface area contributed by atoms with Gasteiger partial charge in [-0.25, -0.2) is 0 Å². The second-order valence-electron chi connectivity index (χ2n) is 18.5. The number of thiophene rings is 1. The lowest BCUT2D eigenvalue weighted by molar-refractivity contribution is -0.0440. The standard InChI is InChI=1S/C59H47NS/c1-4-14-43(15-5-1)58(44-16-6-2-7-17-44)52-21-11-12-22-53(52)59(45-33-39-32-40(35-45)36-46(59)34-39)54-31-29-49(38-55(54)58)60(47-18-8-3-9-19-47)48-27-24-41(25-28-48)42-26-30-51-50-20-10-13-23-56(50)61-57(51)37-42/h1-31,37-40,45-46H,32-36H2. The van der Waals surface area contributed by atoms with Gasteiger partial charge in [-0.15, -0.1) is 11.3 Å². The van der Waals surface area contributed by atoms with Crippen LogP contribution in [0.25, 0.3) is 31.3 Å². The normalized spacial score (nSPS) is 23.0. The SMILES string of the molecule is c1ccc(N(c2ccc(-c3ccc4c(c3)sc3ccccc34)cc2)c2ccc3c(c2)C(c2ccccc2)(c2ccccc2)c2ccccc2C32C3CC4CC(C3)CC2C4)cc1. The summed E-state index contributed by atoms with van der Waals surface area (Å²) in [6.45, 7) is 0. The fourth-order valence-corrected chi connectivity index (χ4v) is 14.7. The first-order valence-corrected chi connectivity index (χ1v) is 23.2. The summed E-state index contributed by atoms with van der Waals surface area (Å²) in [5.74, 6) is 3.06. The Kier molecular flexibility index (Phi) is 7.95. The van der Waals surface area contributed by atoms with Crippen molar-refractivity contribution in [3.63, 3.8) is 0 Å². The summed E-state index contributed by atoms with van der Waals surface area (Å²) < 4.78 is 2.68. The van der Waals surface area contributed by atoms with Crippen molar-refractivity contribution in [3.05, 3.63) is 234 Å². The van der Waals surface area contributed by atoms with Gasteiger partial charge in [-0.1, -0.05) is 152 Å². The van der Waals surface area contributed by atoms with Crippen LogP contribution in [0.4, 0.5) is 17.1 Å². The van der Waals surface area contributed by atoms with Gasteiger partial charge in [-0.05, 0) is 149 Å². The largest absolute Gasteiger partial charge is 0.310 e. The maximum Gasteiger partial charge on any atom is 0.0708 e. The Labute approximate surface area is 363 Å². The maximum atomic E-state index is 2.62. The van der Waals surface area contributed by atoms with E-state index in [-0.39, 0.29) is 5.41 Å². The molecule has 1 heterocycles. The lowest BCUT2D eigenvalue weighted by atomic mass is 9.38. The Bertz CT molecular complexity index is 3020. The second-order valence-corrected chi connectivity index (χ2v) is 19.5. The van der Waals surface area contributed by atoms with Gasteiger partial charge in [0.25, 0.3) is 0 Å². The Balaban J connectivity index is 1.03. The zero-order chi connectivity index (χ0) is 40.1. The third-order valence-corrected chi connectivity index (χ3v) is 16.7. The van der Waals surface area contributed by atoms with Crippen LogP contribution in [-0.2, 0) is 10.8 Å². The van der Waals surface area contributed by atoms with Gasteiger partial charge in [0.2, 0.25) is 0 Å². The molecule has 0 amide bonds. The molecule has 61 heavy (non-hydrogen) atoms. The van der Waals surface area contributed by atoms with Crippen LogP contribution >= 0.6 is 11.3 Å². The predicted octanol–water partition coefficient (Wildman–Crippen LogP) is 15.6. The molecule has 0 radical (unpaired) electrons. The van der Waals surface area contributed by atoms with Crippen molar-refractivity contribution >= 4 is 48.6 Å². The minimum atomic E-state index is -0.498. The number of benzene rings is 8. The van der Waals surface area contributed by atoms with E-state index in [1.54, 1.807) is 11.1 Å². The van der Waals surface area contributed by atoms with Crippen molar-refractivity contribution in [1.29, 1.82) is 0 Å². The number of rotatable bonds is 6. The summed E-state index contributed by atoms with van der Waals surface area (Å²) in [6.07, 6.45) is 6.85. The fraction of sp³-hybridized carbons (Fsp3) is 0.186. The highest BCUT2D eigenvalue weighted by atomic mass is 32.1. The third-order valence-electron chi connectivity index (χ3n) is 15.6. The topological polar surface area (TPSA) is 3.24 Å². The Hall–Kier alpha value is -6.22. The monoisotopic (exact) mass is 801 g/mol. The molecule has 8 aromatic carbocycles. The van der Waals surface area contributed by atoms with Gasteiger partial charge in [-0.2, -0.15) is 0 Å². The van der Waals surface area contributed by atoms with Crippen LogP contribution in [0.3, 0.4) is 0 Å². The van der Waals surface area contributed by atoms with Crippen LogP contribution in [0, 0.1) is 23.7 Å². The molecule has 4 fully saturated rings. The summed E-state index contributed by atoms with van der Waals surface area (Å²) in [7, 11) is 0. The summed E-state index contributed by atoms with van der Waals surface area (Å²) in [5.41, 5.74) is 14.2. The molecule has 294 valence electrons. The second kappa shape index (κ2) is 13.6. The van der Waals surface area contributed by atoms with E-state index in [4.69, 9.17) is 0 Å². The number of hydrogen-bond donors (Lipinski definition) is 0. The van der Waals surface area contributed by atoms with Gasteiger partial charge < -0.3 is 4.90 Å². The third kappa shape index (κ3) is 5.12. The molecule has 0 unspecified atom stereocenters. The minimum Gasteiger partial charge on any atom is -0.310 e. The average Bonchev–Trinajstić information content (AvgIpc) is 3.69. The van der Waals surface area contributed by atoms with Gasteiger partial charge >= 0.3 is 0 Å². The number of para-hydroxylation sites is 1. The van der Waals surface area contributed by atoms with Gasteiger partial charge in [0.1, 0.15) is 0 Å². The molecule has 1 nitrogen and oxygen atoms in total. The molecule has 9 aromatic rings. The summed E-state index contributed by atoms with van der Waals surface area (Å²) >= 11 is 1.88. The van der Waals surface area contributed by atoms with Crippen LogP contribution in [-0.4, -0.2) is 0 Å². The zero-order valence-corrected chi connectivity index (χ0v) is 35.1. The summed E-state index contributed by atoms with van der Waals surface area (Å²) in [6, 6.07) is 76.3. The highest BCUT2D eigenvalue weighted by Crippen LogP contribution is 2.70. The van der Waals surface area contributed by atoms with E-state index in [0.717, 1.165) is 23.2 Å². The quantitative estimate of drug-likeness (QED) is 0.162. The van der Waals surface area contributed by atoms with E-state index in [0.29, 0.717) is 11.8 Å². The molecule has 5 aliphatic carbocycles. The van der Waals surface area contributed by atoms with Crippen molar-refractivity contribution in [2.45, 2.75) is 42.9 Å². The van der Waals surface area contributed by atoms with Crippen LogP contribution < -0.4 is 4.90 Å². The number of hydrogen-bond acceptors (Lipinski definition) is 2. The molecule has 0 aliphatic heterocycles. The van der Waals surface area contributed by atoms with Crippen LogP contribution in [0.5, 0.6) is 0 Å². The van der Waals surface area contributed by atoms with Crippen molar-refractivity contribution in [1.82, 2.24) is 0 Å². The molecule has 1 spiro atoms. The van der Waals surface area contributed by atoms with Crippen LogP contribution in [0.15, 0.2) is 200 Å². The first kappa shape index (κ1) is 35.5. The molecule has 4 saturated carbocycles. The number of nitrogens with zero attached hydrogens (tertiary/aromatic N) is 1. The number of anilines is 3. The molecule has 4 bridgehead atoms. The molecule has 14 rings (SSSR count). The van der Waals surface area contributed by atoms with Crippen LogP contribution in [0.2, 0.25) is 0 Å². The Morgan fingerprint density at radius 2 is 0.902 bits per heavy atom. The highest BCUT2D eigenvalue weighted by Gasteiger charge is 2.63. The van der Waals surface area contributed by atoms with E-state index in [1.165, 1.54) is 91.3 Å². The van der Waals surface area contributed by atoms with Crippen molar-refractivity contribution in [3.8, 4) is 11.1 Å². The van der Waals surface area contributed by atoms with E-state index in [2.05, 4.69) is 205 Å². The van der Waals surface area contributed by atoms with E-state index < -0.39 is 5.41 Å². The van der Waals surface area contributed by atoms with Crippen molar-refractivity contribution in [2.24, 2.45) is 23.7 Å². The van der Waals surface area contributed by atoms with Crippen molar-refractivity contribution in [2.75, 3.05) is 4.90 Å². The lowest BCUT2D eigenvalue weighted by Crippen LogP contribution is -2.59. The van der Waals surface area contributed by atoms with Gasteiger partial charge in [-0.3, -0.25) is 0 Å². The molecular weight excluding hydrogens is 755 g/mol.